The Hall–Kier alpha value is -0.890. The molecule has 0 heterocycles. The van der Waals surface area contributed by atoms with E-state index in [0.717, 1.165) is 48.0 Å². The normalized spacial score (nSPS) is 37.4. The smallest absolute Gasteiger partial charge is 0.145 e. The summed E-state index contributed by atoms with van der Waals surface area (Å²) >= 11 is 5.65. The van der Waals surface area contributed by atoms with Gasteiger partial charge in [-0.15, -0.1) is 0 Å². The largest absolute Gasteiger partial charge is 0.205 e. The van der Waals surface area contributed by atoms with Crippen molar-refractivity contribution in [2.24, 2.45) is 29.6 Å². The Morgan fingerprint density at radius 3 is 2.15 bits per heavy atom. The van der Waals surface area contributed by atoms with Crippen molar-refractivity contribution in [2.75, 3.05) is 0 Å². The minimum absolute atomic E-state index is 0.286. The summed E-state index contributed by atoms with van der Waals surface area (Å²) in [6, 6.07) is 2.93. The molecule has 0 aromatic heterocycles. The molecule has 3 aliphatic carbocycles. The van der Waals surface area contributed by atoms with Crippen molar-refractivity contribution >= 4 is 11.6 Å². The molecular formula is C23H29ClF2. The zero-order chi connectivity index (χ0) is 18.3. The fraction of sp³-hybridized carbons (Fsp3) is 0.652. The second-order valence-electron chi connectivity index (χ2n) is 8.83. The summed E-state index contributed by atoms with van der Waals surface area (Å²) in [5.74, 6) is 3.18. The Bertz CT molecular complexity index is 660. The summed E-state index contributed by atoms with van der Waals surface area (Å²) in [4.78, 5) is 0. The van der Waals surface area contributed by atoms with E-state index in [4.69, 9.17) is 11.6 Å². The van der Waals surface area contributed by atoms with Crippen LogP contribution in [0.2, 0.25) is 5.02 Å². The van der Waals surface area contributed by atoms with Crippen LogP contribution in [0.15, 0.2) is 24.3 Å². The molecule has 4 rings (SSSR count). The summed E-state index contributed by atoms with van der Waals surface area (Å²) in [6.07, 6.45) is 14.7. The van der Waals surface area contributed by atoms with Gasteiger partial charge >= 0.3 is 0 Å². The minimum atomic E-state index is -0.616. The quantitative estimate of drug-likeness (QED) is 0.368. The molecule has 3 saturated carbocycles. The average molecular weight is 379 g/mol. The third kappa shape index (κ3) is 3.46. The van der Waals surface area contributed by atoms with Crippen LogP contribution in [-0.4, -0.2) is 0 Å². The molecule has 0 saturated heterocycles. The van der Waals surface area contributed by atoms with Crippen LogP contribution in [-0.2, 0) is 0 Å². The highest BCUT2D eigenvalue weighted by Crippen LogP contribution is 2.55. The molecular weight excluding hydrogens is 350 g/mol. The minimum Gasteiger partial charge on any atom is -0.205 e. The maximum absolute atomic E-state index is 13.9. The lowest BCUT2D eigenvalue weighted by atomic mass is 9.55. The lowest BCUT2D eigenvalue weighted by Gasteiger charge is -2.50. The molecule has 6 unspecified atom stereocenters. The van der Waals surface area contributed by atoms with Gasteiger partial charge in [0.15, 0.2) is 0 Å². The summed E-state index contributed by atoms with van der Waals surface area (Å²) in [6.45, 7) is 2.13. The van der Waals surface area contributed by atoms with Gasteiger partial charge in [0.05, 0.1) is 0 Å². The van der Waals surface area contributed by atoms with Crippen LogP contribution in [0.25, 0.3) is 0 Å². The van der Waals surface area contributed by atoms with E-state index >= 15 is 0 Å². The molecule has 142 valence electrons. The molecule has 1 aromatic carbocycles. The van der Waals surface area contributed by atoms with Crippen LogP contribution in [0.1, 0.15) is 69.8 Å². The summed E-state index contributed by atoms with van der Waals surface area (Å²) in [5, 5.41) is -0.374. The highest BCUT2D eigenvalue weighted by atomic mass is 35.5. The number of halogens is 3. The van der Waals surface area contributed by atoms with Crippen LogP contribution in [0.4, 0.5) is 8.78 Å². The van der Waals surface area contributed by atoms with Crippen molar-refractivity contribution in [3.8, 4) is 0 Å². The van der Waals surface area contributed by atoms with Gasteiger partial charge in [-0.05, 0) is 111 Å². The lowest BCUT2D eigenvalue weighted by molar-refractivity contribution is 0.0127. The van der Waals surface area contributed by atoms with Crippen LogP contribution >= 0.6 is 11.6 Å². The van der Waals surface area contributed by atoms with Crippen molar-refractivity contribution in [2.45, 2.75) is 64.2 Å². The predicted octanol–water partition coefficient (Wildman–Crippen LogP) is 7.52. The van der Waals surface area contributed by atoms with Gasteiger partial charge < -0.3 is 0 Å². The van der Waals surface area contributed by atoms with E-state index in [1.165, 1.54) is 50.7 Å². The zero-order valence-corrected chi connectivity index (χ0v) is 16.3. The summed E-state index contributed by atoms with van der Waals surface area (Å²) < 4.78 is 27.7. The highest BCUT2D eigenvalue weighted by Gasteiger charge is 2.44. The summed E-state index contributed by atoms with van der Waals surface area (Å²) in [7, 11) is 0. The number of rotatable bonds is 2. The molecule has 1 aromatic rings. The van der Waals surface area contributed by atoms with Gasteiger partial charge in [-0.1, -0.05) is 23.8 Å². The maximum atomic E-state index is 13.9. The van der Waals surface area contributed by atoms with E-state index in [1.807, 2.05) is 0 Å². The fourth-order valence-electron chi connectivity index (χ4n) is 6.39. The van der Waals surface area contributed by atoms with E-state index in [-0.39, 0.29) is 10.9 Å². The predicted molar refractivity (Wildman–Crippen MR) is 103 cm³/mol. The first-order chi connectivity index (χ1) is 12.6. The monoisotopic (exact) mass is 378 g/mol. The van der Waals surface area contributed by atoms with Crippen molar-refractivity contribution in [1.29, 1.82) is 0 Å². The first-order valence-corrected chi connectivity index (χ1v) is 10.7. The van der Waals surface area contributed by atoms with Crippen molar-refractivity contribution in [3.63, 3.8) is 0 Å². The SMILES string of the molecule is C/C=C/C1CCC2C(CCC3CC(c4cc(F)c(Cl)c(F)c4)CCC32)C1. The third-order valence-corrected chi connectivity index (χ3v) is 7.88. The third-order valence-electron chi connectivity index (χ3n) is 7.52. The number of hydrogen-bond acceptors (Lipinski definition) is 0. The molecule has 0 amide bonds. The topological polar surface area (TPSA) is 0 Å². The molecule has 3 fully saturated rings. The van der Waals surface area contributed by atoms with Crippen LogP contribution < -0.4 is 0 Å². The van der Waals surface area contributed by atoms with E-state index in [1.54, 1.807) is 0 Å². The van der Waals surface area contributed by atoms with E-state index in [2.05, 4.69) is 19.1 Å². The van der Waals surface area contributed by atoms with E-state index < -0.39 is 11.6 Å². The molecule has 3 heteroatoms. The Kier molecular flexibility index (Phi) is 5.41. The van der Waals surface area contributed by atoms with Gasteiger partial charge in [0, 0.05) is 0 Å². The maximum Gasteiger partial charge on any atom is 0.145 e. The second-order valence-corrected chi connectivity index (χ2v) is 9.21. The molecule has 0 radical (unpaired) electrons. The Balaban J connectivity index is 1.45. The van der Waals surface area contributed by atoms with Gasteiger partial charge in [-0.3, -0.25) is 0 Å². The second kappa shape index (κ2) is 7.62. The van der Waals surface area contributed by atoms with Crippen molar-refractivity contribution in [3.05, 3.63) is 46.5 Å². The Labute approximate surface area is 161 Å². The molecule has 0 N–H and O–H groups in total. The highest BCUT2D eigenvalue weighted by molar-refractivity contribution is 6.30. The molecule has 0 aliphatic heterocycles. The van der Waals surface area contributed by atoms with Crippen LogP contribution in [0.5, 0.6) is 0 Å². The van der Waals surface area contributed by atoms with Crippen LogP contribution in [0, 0.1) is 41.2 Å². The van der Waals surface area contributed by atoms with E-state index in [9.17, 15) is 8.78 Å². The number of hydrogen-bond donors (Lipinski definition) is 0. The van der Waals surface area contributed by atoms with Gasteiger partial charge in [0.25, 0.3) is 0 Å². The lowest BCUT2D eigenvalue weighted by Crippen LogP contribution is -2.41. The van der Waals surface area contributed by atoms with Gasteiger partial charge in [-0.25, -0.2) is 8.78 Å². The first kappa shape index (κ1) is 18.5. The number of benzene rings is 1. The number of fused-ring (bicyclic) bond motifs is 3. The number of allylic oxidation sites excluding steroid dienone is 2. The van der Waals surface area contributed by atoms with Crippen molar-refractivity contribution < 1.29 is 8.78 Å². The fourth-order valence-corrected chi connectivity index (χ4v) is 6.50. The molecule has 0 bridgehead atoms. The van der Waals surface area contributed by atoms with Gasteiger partial charge in [0.2, 0.25) is 0 Å². The Morgan fingerprint density at radius 2 is 1.50 bits per heavy atom. The first-order valence-electron chi connectivity index (χ1n) is 10.3. The molecule has 3 aliphatic rings. The summed E-state index contributed by atoms with van der Waals surface area (Å²) in [5.41, 5.74) is 0.807. The molecule has 0 nitrogen and oxygen atoms in total. The Morgan fingerprint density at radius 1 is 0.885 bits per heavy atom. The average Bonchev–Trinajstić information content (AvgIpc) is 2.65. The van der Waals surface area contributed by atoms with Crippen molar-refractivity contribution in [1.82, 2.24) is 0 Å². The van der Waals surface area contributed by atoms with Crippen LogP contribution in [0.3, 0.4) is 0 Å². The molecule has 26 heavy (non-hydrogen) atoms. The molecule has 0 spiro atoms. The van der Waals surface area contributed by atoms with E-state index in [0.29, 0.717) is 0 Å². The van der Waals surface area contributed by atoms with Gasteiger partial charge in [-0.2, -0.15) is 0 Å². The standard InChI is InChI=1S/C23H29ClF2/c1-2-3-14-4-8-19-16(10-14)5-6-17-11-15(7-9-20(17)19)18-12-21(25)23(24)22(26)13-18/h2-3,12-17,19-20H,4-11H2,1H3/b3-2+. The van der Waals surface area contributed by atoms with Gasteiger partial charge in [0.1, 0.15) is 16.7 Å². The molecule has 6 atom stereocenters. The zero-order valence-electron chi connectivity index (χ0n) is 15.6.